The van der Waals surface area contributed by atoms with Crippen molar-refractivity contribution >= 4 is 21.6 Å². The van der Waals surface area contributed by atoms with Gasteiger partial charge in [-0.05, 0) is 49.7 Å². The first kappa shape index (κ1) is 15.1. The van der Waals surface area contributed by atoms with Crippen molar-refractivity contribution in [2.75, 3.05) is 19.3 Å². The maximum atomic E-state index is 5.96. The van der Waals surface area contributed by atoms with Crippen LogP contribution in [0.15, 0.2) is 53.0 Å². The lowest BCUT2D eigenvalue weighted by molar-refractivity contribution is 0.321. The SMILES string of the molecule is CN(CCCc1ccccc1N)Cc1ccccc1Br. The molecule has 0 bridgehead atoms. The zero-order chi connectivity index (χ0) is 14.4. The molecule has 3 heteroatoms. The molecule has 106 valence electrons. The van der Waals surface area contributed by atoms with Crippen LogP contribution in [0.5, 0.6) is 0 Å². The molecule has 0 atom stereocenters. The second kappa shape index (κ2) is 7.46. The van der Waals surface area contributed by atoms with Gasteiger partial charge >= 0.3 is 0 Å². The summed E-state index contributed by atoms with van der Waals surface area (Å²) in [5.74, 6) is 0. The van der Waals surface area contributed by atoms with Gasteiger partial charge in [0.15, 0.2) is 0 Å². The Balaban J connectivity index is 1.80. The third kappa shape index (κ3) is 4.36. The predicted molar refractivity (Wildman–Crippen MR) is 89.7 cm³/mol. The monoisotopic (exact) mass is 332 g/mol. The minimum atomic E-state index is 0.904. The number of rotatable bonds is 6. The minimum absolute atomic E-state index is 0.904. The summed E-state index contributed by atoms with van der Waals surface area (Å²) < 4.78 is 1.18. The fraction of sp³-hybridized carbons (Fsp3) is 0.294. The number of nitrogens with two attached hydrogens (primary N) is 1. The fourth-order valence-electron chi connectivity index (χ4n) is 2.30. The molecule has 0 aliphatic heterocycles. The van der Waals surface area contributed by atoms with Gasteiger partial charge in [0, 0.05) is 16.7 Å². The smallest absolute Gasteiger partial charge is 0.0346 e. The van der Waals surface area contributed by atoms with Gasteiger partial charge in [-0.25, -0.2) is 0 Å². The first-order chi connectivity index (χ1) is 9.66. The third-order valence-corrected chi connectivity index (χ3v) is 4.21. The average Bonchev–Trinajstić information content (AvgIpc) is 2.43. The van der Waals surface area contributed by atoms with Crippen molar-refractivity contribution < 1.29 is 0 Å². The van der Waals surface area contributed by atoms with Crippen molar-refractivity contribution in [1.82, 2.24) is 4.90 Å². The van der Waals surface area contributed by atoms with E-state index in [4.69, 9.17) is 5.73 Å². The third-order valence-electron chi connectivity index (χ3n) is 3.44. The Bertz CT molecular complexity index is 554. The number of benzene rings is 2. The summed E-state index contributed by atoms with van der Waals surface area (Å²) >= 11 is 3.60. The molecule has 0 saturated carbocycles. The molecule has 0 unspecified atom stereocenters. The van der Waals surface area contributed by atoms with Gasteiger partial charge in [-0.1, -0.05) is 52.3 Å². The van der Waals surface area contributed by atoms with Crippen molar-refractivity contribution in [1.29, 1.82) is 0 Å². The van der Waals surface area contributed by atoms with Gasteiger partial charge in [-0.3, -0.25) is 0 Å². The highest BCUT2D eigenvalue weighted by atomic mass is 79.9. The molecule has 2 aromatic carbocycles. The summed E-state index contributed by atoms with van der Waals surface area (Å²) in [5.41, 5.74) is 9.44. The van der Waals surface area contributed by atoms with Crippen LogP contribution in [-0.2, 0) is 13.0 Å². The summed E-state index contributed by atoms with van der Waals surface area (Å²) in [7, 11) is 2.16. The summed E-state index contributed by atoms with van der Waals surface area (Å²) in [6.07, 6.45) is 2.15. The quantitative estimate of drug-likeness (QED) is 0.807. The normalized spacial score (nSPS) is 10.9. The number of hydrogen-bond acceptors (Lipinski definition) is 2. The highest BCUT2D eigenvalue weighted by Crippen LogP contribution is 2.18. The molecule has 0 spiro atoms. The van der Waals surface area contributed by atoms with Gasteiger partial charge in [0.2, 0.25) is 0 Å². The average molecular weight is 333 g/mol. The van der Waals surface area contributed by atoms with E-state index < -0.39 is 0 Å². The Morgan fingerprint density at radius 1 is 1.00 bits per heavy atom. The van der Waals surface area contributed by atoms with E-state index >= 15 is 0 Å². The summed E-state index contributed by atoms with van der Waals surface area (Å²) in [4.78, 5) is 2.35. The molecular formula is C17H21BrN2. The number of hydrogen-bond donors (Lipinski definition) is 1. The van der Waals surface area contributed by atoms with Crippen molar-refractivity contribution in [3.8, 4) is 0 Å². The van der Waals surface area contributed by atoms with Crippen LogP contribution in [0, 0.1) is 0 Å². The van der Waals surface area contributed by atoms with Crippen LogP contribution in [0.4, 0.5) is 5.69 Å². The molecule has 0 radical (unpaired) electrons. The van der Waals surface area contributed by atoms with Crippen molar-refractivity contribution in [2.24, 2.45) is 0 Å². The van der Waals surface area contributed by atoms with E-state index in [9.17, 15) is 0 Å². The molecule has 0 heterocycles. The molecule has 2 N–H and O–H groups in total. The molecule has 20 heavy (non-hydrogen) atoms. The van der Waals surface area contributed by atoms with Gasteiger partial charge < -0.3 is 10.6 Å². The number of para-hydroxylation sites is 1. The molecular weight excluding hydrogens is 312 g/mol. The standard InChI is InChI=1S/C17H21BrN2/c1-20(13-15-8-2-4-10-16(15)18)12-6-9-14-7-3-5-11-17(14)19/h2-5,7-8,10-11H,6,9,12-13,19H2,1H3. The zero-order valence-corrected chi connectivity index (χ0v) is 13.4. The molecule has 0 fully saturated rings. The number of anilines is 1. The van der Waals surface area contributed by atoms with Gasteiger partial charge in [0.25, 0.3) is 0 Å². The van der Waals surface area contributed by atoms with Crippen molar-refractivity contribution in [3.05, 3.63) is 64.1 Å². The van der Waals surface area contributed by atoms with Gasteiger partial charge in [0.1, 0.15) is 0 Å². The fourth-order valence-corrected chi connectivity index (χ4v) is 2.71. The summed E-state index contributed by atoms with van der Waals surface area (Å²) in [6, 6.07) is 16.5. The van der Waals surface area contributed by atoms with Crippen LogP contribution in [0.3, 0.4) is 0 Å². The minimum Gasteiger partial charge on any atom is -0.399 e. The summed E-state index contributed by atoms with van der Waals surface area (Å²) in [5, 5.41) is 0. The Labute approximate surface area is 129 Å². The van der Waals surface area contributed by atoms with Crippen molar-refractivity contribution in [3.63, 3.8) is 0 Å². The number of nitrogen functional groups attached to an aromatic ring is 1. The van der Waals surface area contributed by atoms with Crippen LogP contribution in [-0.4, -0.2) is 18.5 Å². The van der Waals surface area contributed by atoms with Crippen LogP contribution in [0.1, 0.15) is 17.5 Å². The maximum Gasteiger partial charge on any atom is 0.0346 e. The Morgan fingerprint density at radius 3 is 2.35 bits per heavy atom. The predicted octanol–water partition coefficient (Wildman–Crippen LogP) is 4.10. The van der Waals surface area contributed by atoms with Crippen molar-refractivity contribution in [2.45, 2.75) is 19.4 Å². The highest BCUT2D eigenvalue weighted by Gasteiger charge is 2.04. The summed E-state index contributed by atoms with van der Waals surface area (Å²) in [6.45, 7) is 2.03. The van der Waals surface area contributed by atoms with E-state index in [0.717, 1.165) is 31.6 Å². The lowest BCUT2D eigenvalue weighted by atomic mass is 10.1. The lowest BCUT2D eigenvalue weighted by Gasteiger charge is -2.17. The maximum absolute atomic E-state index is 5.96. The second-order valence-corrected chi connectivity index (χ2v) is 5.99. The van der Waals surface area contributed by atoms with E-state index in [1.807, 2.05) is 18.2 Å². The highest BCUT2D eigenvalue weighted by molar-refractivity contribution is 9.10. The van der Waals surface area contributed by atoms with Gasteiger partial charge in [-0.15, -0.1) is 0 Å². The van der Waals surface area contributed by atoms with E-state index in [0.29, 0.717) is 0 Å². The lowest BCUT2D eigenvalue weighted by Crippen LogP contribution is -2.19. The molecule has 2 aromatic rings. The topological polar surface area (TPSA) is 29.3 Å². The van der Waals surface area contributed by atoms with Crippen LogP contribution in [0.25, 0.3) is 0 Å². The molecule has 0 saturated heterocycles. The largest absolute Gasteiger partial charge is 0.399 e. The second-order valence-electron chi connectivity index (χ2n) is 5.13. The molecule has 2 nitrogen and oxygen atoms in total. The zero-order valence-electron chi connectivity index (χ0n) is 11.8. The molecule has 0 aliphatic rings. The van der Waals surface area contributed by atoms with Crippen LogP contribution in [0.2, 0.25) is 0 Å². The number of halogens is 1. The van der Waals surface area contributed by atoms with Gasteiger partial charge in [-0.2, -0.15) is 0 Å². The Hall–Kier alpha value is -1.32. The van der Waals surface area contributed by atoms with Crippen LogP contribution < -0.4 is 5.73 Å². The number of aryl methyl sites for hydroxylation is 1. The van der Waals surface area contributed by atoms with E-state index in [2.05, 4.69) is 58.2 Å². The van der Waals surface area contributed by atoms with E-state index in [1.165, 1.54) is 15.6 Å². The van der Waals surface area contributed by atoms with Crippen LogP contribution >= 0.6 is 15.9 Å². The van der Waals surface area contributed by atoms with Gasteiger partial charge in [0.05, 0.1) is 0 Å². The molecule has 2 rings (SSSR count). The molecule has 0 amide bonds. The van der Waals surface area contributed by atoms with E-state index in [-0.39, 0.29) is 0 Å². The number of nitrogens with zero attached hydrogens (tertiary/aromatic N) is 1. The van der Waals surface area contributed by atoms with E-state index in [1.54, 1.807) is 0 Å². The first-order valence-corrected chi connectivity index (χ1v) is 7.71. The molecule has 0 aliphatic carbocycles. The molecule has 0 aromatic heterocycles. The Morgan fingerprint density at radius 2 is 1.65 bits per heavy atom. The Kier molecular flexibility index (Phi) is 5.62. The first-order valence-electron chi connectivity index (χ1n) is 6.92.